The van der Waals surface area contributed by atoms with Gasteiger partial charge < -0.3 is 4.74 Å². The summed E-state index contributed by atoms with van der Waals surface area (Å²) in [6.07, 6.45) is -0.0758. The number of amides is 2. The fourth-order valence-corrected chi connectivity index (χ4v) is 5.40. The van der Waals surface area contributed by atoms with Crippen LogP contribution in [0.1, 0.15) is 33.6 Å². The van der Waals surface area contributed by atoms with Crippen molar-refractivity contribution in [2.24, 2.45) is 0 Å². The summed E-state index contributed by atoms with van der Waals surface area (Å²) in [4.78, 5) is 36.7. The topological polar surface area (TPSA) is 136 Å². The molecule has 162 valence electrons. The van der Waals surface area contributed by atoms with Crippen LogP contribution >= 0.6 is 0 Å². The molecule has 0 saturated heterocycles. The fourth-order valence-electron chi connectivity index (χ4n) is 4.12. The summed E-state index contributed by atoms with van der Waals surface area (Å²) in [7, 11) is -2.56. The average Bonchev–Trinajstić information content (AvgIpc) is 3.25. The van der Waals surface area contributed by atoms with Gasteiger partial charge in [-0.3, -0.25) is 24.6 Å². The Kier molecular flexibility index (Phi) is 5.33. The summed E-state index contributed by atoms with van der Waals surface area (Å²) >= 11 is 0. The van der Waals surface area contributed by atoms with Crippen molar-refractivity contribution in [3.05, 3.63) is 69.8 Å². The van der Waals surface area contributed by atoms with E-state index < -0.39 is 44.9 Å². The number of fused-ring (bicyclic) bond motifs is 1. The number of hydrogen-bond acceptors (Lipinski definition) is 7. The van der Waals surface area contributed by atoms with Crippen LogP contribution in [0.25, 0.3) is 0 Å². The van der Waals surface area contributed by atoms with Crippen molar-refractivity contribution in [3.63, 3.8) is 0 Å². The summed E-state index contributed by atoms with van der Waals surface area (Å²) in [5, 5.41) is 10.8. The first-order chi connectivity index (χ1) is 14.7. The minimum Gasteiger partial charge on any atom is -0.380 e. The minimum absolute atomic E-state index is 0.128. The zero-order valence-electron chi connectivity index (χ0n) is 16.4. The monoisotopic (exact) mass is 445 g/mol. The summed E-state index contributed by atoms with van der Waals surface area (Å²) in [5.74, 6) is -0.807. The van der Waals surface area contributed by atoms with E-state index in [1.54, 1.807) is 24.3 Å². The molecule has 2 aliphatic rings. The Balaban J connectivity index is 1.53. The van der Waals surface area contributed by atoms with E-state index in [4.69, 9.17) is 4.74 Å². The number of hydrogen-bond donors (Lipinski definition) is 1. The highest BCUT2D eigenvalue weighted by Crippen LogP contribution is 2.33. The minimum atomic E-state index is -4.00. The first-order valence-corrected chi connectivity index (χ1v) is 11.0. The van der Waals surface area contributed by atoms with E-state index in [-0.39, 0.29) is 23.4 Å². The van der Waals surface area contributed by atoms with Crippen molar-refractivity contribution < 1.29 is 27.7 Å². The molecule has 10 nitrogen and oxygen atoms in total. The first-order valence-electron chi connectivity index (χ1n) is 9.49. The number of nitrogens with zero attached hydrogens (tertiary/aromatic N) is 2. The van der Waals surface area contributed by atoms with Gasteiger partial charge in [0, 0.05) is 25.3 Å². The molecule has 4 rings (SSSR count). The van der Waals surface area contributed by atoms with Gasteiger partial charge in [0.1, 0.15) is 0 Å². The van der Waals surface area contributed by atoms with Crippen LogP contribution in [0.4, 0.5) is 5.69 Å². The molecule has 0 bridgehead atoms. The molecular weight excluding hydrogens is 426 g/mol. The lowest BCUT2D eigenvalue weighted by molar-refractivity contribution is -0.384. The maximum atomic E-state index is 12.8. The summed E-state index contributed by atoms with van der Waals surface area (Å²) in [6, 6.07) is 9.86. The highest BCUT2D eigenvalue weighted by Gasteiger charge is 2.46. The fraction of sp³-hybridized carbons (Fsp3) is 0.300. The van der Waals surface area contributed by atoms with E-state index in [1.807, 2.05) is 0 Å². The Morgan fingerprint density at radius 1 is 1.03 bits per heavy atom. The Morgan fingerprint density at radius 2 is 1.61 bits per heavy atom. The van der Waals surface area contributed by atoms with E-state index in [2.05, 4.69) is 4.72 Å². The van der Waals surface area contributed by atoms with Gasteiger partial charge in [-0.1, -0.05) is 12.1 Å². The van der Waals surface area contributed by atoms with Crippen molar-refractivity contribution in [2.45, 2.75) is 35.9 Å². The van der Waals surface area contributed by atoms with Crippen LogP contribution < -0.4 is 4.72 Å². The van der Waals surface area contributed by atoms with Gasteiger partial charge in [0.15, 0.2) is 0 Å². The second kappa shape index (κ2) is 7.84. The van der Waals surface area contributed by atoms with Crippen molar-refractivity contribution in [1.29, 1.82) is 0 Å². The van der Waals surface area contributed by atoms with Gasteiger partial charge in [-0.2, -0.15) is 0 Å². The number of carbonyl (C=O) groups is 2. The van der Waals surface area contributed by atoms with Gasteiger partial charge in [0.05, 0.1) is 33.1 Å². The molecule has 0 aromatic heterocycles. The molecule has 3 atom stereocenters. The van der Waals surface area contributed by atoms with Crippen LogP contribution in [0, 0.1) is 10.1 Å². The third-order valence-electron chi connectivity index (χ3n) is 5.64. The molecule has 1 aliphatic carbocycles. The molecule has 2 aromatic rings. The molecule has 1 aliphatic heterocycles. The lowest BCUT2D eigenvalue weighted by atomic mass is 10.1. The van der Waals surface area contributed by atoms with E-state index in [9.17, 15) is 28.1 Å². The molecule has 11 heteroatoms. The van der Waals surface area contributed by atoms with Gasteiger partial charge in [-0.05, 0) is 37.1 Å². The van der Waals surface area contributed by atoms with E-state index in [1.165, 1.54) is 12.0 Å². The van der Waals surface area contributed by atoms with Crippen molar-refractivity contribution in [2.75, 3.05) is 7.11 Å². The molecule has 0 radical (unpaired) electrons. The number of imide groups is 1. The molecule has 2 amide bonds. The number of benzene rings is 2. The third-order valence-corrected chi connectivity index (χ3v) is 7.14. The number of rotatable bonds is 6. The summed E-state index contributed by atoms with van der Waals surface area (Å²) in [5.41, 5.74) is 0.438. The zero-order valence-corrected chi connectivity index (χ0v) is 17.2. The molecule has 1 N–H and O–H groups in total. The van der Waals surface area contributed by atoms with E-state index in [0.29, 0.717) is 11.1 Å². The lowest BCUT2D eigenvalue weighted by Crippen LogP contribution is -2.41. The highest BCUT2D eigenvalue weighted by molar-refractivity contribution is 7.89. The Hall–Kier alpha value is -3.15. The van der Waals surface area contributed by atoms with Gasteiger partial charge in [0.2, 0.25) is 10.0 Å². The maximum Gasteiger partial charge on any atom is 0.269 e. The standard InChI is InChI=1S/C20H19N3O7S/c1-30-18-11-13(22-19(24)15-4-2-3-5-16(15)20(22)25)10-17(18)21-31(28,29)14-8-6-12(7-9-14)23(26)27/h2-9,13,17-18,21H,10-11H2,1H3/t13-,17-,18-/m0/s1. The van der Waals surface area contributed by atoms with Crippen LogP contribution in [0.15, 0.2) is 53.4 Å². The van der Waals surface area contributed by atoms with E-state index in [0.717, 1.165) is 24.3 Å². The van der Waals surface area contributed by atoms with Crippen LogP contribution in [0.2, 0.25) is 0 Å². The molecule has 1 heterocycles. The molecule has 1 saturated carbocycles. The van der Waals surface area contributed by atoms with Crippen molar-refractivity contribution >= 4 is 27.5 Å². The van der Waals surface area contributed by atoms with Crippen LogP contribution in [0.3, 0.4) is 0 Å². The Morgan fingerprint density at radius 3 is 2.13 bits per heavy atom. The number of carbonyl (C=O) groups excluding carboxylic acids is 2. The smallest absolute Gasteiger partial charge is 0.269 e. The summed E-state index contributed by atoms with van der Waals surface area (Å²) in [6.45, 7) is 0. The average molecular weight is 445 g/mol. The molecule has 31 heavy (non-hydrogen) atoms. The highest BCUT2D eigenvalue weighted by atomic mass is 32.2. The quantitative estimate of drug-likeness (QED) is 0.406. The Bertz CT molecular complexity index is 1130. The summed E-state index contributed by atoms with van der Waals surface area (Å²) < 4.78 is 33.5. The first kappa shape index (κ1) is 21.1. The van der Waals surface area contributed by atoms with Crippen LogP contribution in [-0.4, -0.2) is 55.4 Å². The second-order valence-corrected chi connectivity index (χ2v) is 9.12. The number of non-ortho nitro benzene ring substituents is 1. The van der Waals surface area contributed by atoms with Crippen LogP contribution in [0.5, 0.6) is 0 Å². The van der Waals surface area contributed by atoms with Gasteiger partial charge in [0.25, 0.3) is 17.5 Å². The largest absolute Gasteiger partial charge is 0.380 e. The van der Waals surface area contributed by atoms with Gasteiger partial charge >= 0.3 is 0 Å². The lowest BCUT2D eigenvalue weighted by Gasteiger charge is -2.22. The third kappa shape index (κ3) is 3.71. The number of nitro benzene ring substituents is 1. The molecular formula is C20H19N3O7S. The van der Waals surface area contributed by atoms with Crippen molar-refractivity contribution in [1.82, 2.24) is 9.62 Å². The predicted octanol–water partition coefficient (Wildman–Crippen LogP) is 1.72. The molecule has 0 unspecified atom stereocenters. The molecule has 1 fully saturated rings. The number of methoxy groups -OCH3 is 1. The predicted molar refractivity (Wildman–Crippen MR) is 108 cm³/mol. The second-order valence-electron chi connectivity index (χ2n) is 7.40. The number of nitrogens with one attached hydrogen (secondary N) is 1. The molecule has 0 spiro atoms. The Labute approximate surface area is 178 Å². The number of ether oxygens (including phenoxy) is 1. The number of sulfonamides is 1. The SMILES string of the molecule is CO[C@H]1C[C@@H](N2C(=O)c3ccccc3C2=O)C[C@@H]1NS(=O)(=O)c1ccc([N+](=O)[O-])cc1. The van der Waals surface area contributed by atoms with Gasteiger partial charge in [-0.25, -0.2) is 13.1 Å². The van der Waals surface area contributed by atoms with Gasteiger partial charge in [-0.15, -0.1) is 0 Å². The van der Waals surface area contributed by atoms with Crippen molar-refractivity contribution in [3.8, 4) is 0 Å². The van der Waals surface area contributed by atoms with Crippen LogP contribution in [-0.2, 0) is 14.8 Å². The normalized spacial score (nSPS) is 23.3. The number of nitro groups is 1. The molecule has 2 aromatic carbocycles. The maximum absolute atomic E-state index is 12.8. The zero-order chi connectivity index (χ0) is 22.3. The van der Waals surface area contributed by atoms with E-state index >= 15 is 0 Å².